The van der Waals surface area contributed by atoms with E-state index in [9.17, 15) is 0 Å². The molecular weight excluding hydrogens is 358 g/mol. The first-order chi connectivity index (χ1) is 13.0. The Morgan fingerprint density at radius 3 is 2.67 bits per heavy atom. The molecule has 2 aromatic heterocycles. The first-order valence-corrected chi connectivity index (χ1v) is 10.2. The van der Waals surface area contributed by atoms with Gasteiger partial charge in [0.25, 0.3) is 0 Å². The van der Waals surface area contributed by atoms with E-state index in [1.807, 2.05) is 13.0 Å². The molecule has 1 aliphatic heterocycles. The van der Waals surface area contributed by atoms with Gasteiger partial charge in [0.2, 0.25) is 0 Å². The lowest BCUT2D eigenvalue weighted by molar-refractivity contribution is 0.430. The Kier molecular flexibility index (Phi) is 4.81. The number of halogens is 1. The highest BCUT2D eigenvalue weighted by atomic mass is 35.5. The summed E-state index contributed by atoms with van der Waals surface area (Å²) < 4.78 is 2.08. The molecule has 0 saturated heterocycles. The average Bonchev–Trinajstić information content (AvgIpc) is 3.05. The van der Waals surface area contributed by atoms with Gasteiger partial charge in [-0.05, 0) is 68.9 Å². The van der Waals surface area contributed by atoms with Gasteiger partial charge >= 0.3 is 0 Å². The number of rotatable bonds is 4. The van der Waals surface area contributed by atoms with Crippen molar-refractivity contribution in [1.29, 1.82) is 0 Å². The van der Waals surface area contributed by atoms with Gasteiger partial charge < -0.3 is 4.90 Å². The van der Waals surface area contributed by atoms with Gasteiger partial charge in [-0.3, -0.25) is 0 Å². The smallest absolute Gasteiger partial charge is 0.163 e. The molecule has 0 atom stereocenters. The van der Waals surface area contributed by atoms with Crippen molar-refractivity contribution in [1.82, 2.24) is 20.0 Å². The Morgan fingerprint density at radius 1 is 1.15 bits per heavy atom. The van der Waals surface area contributed by atoms with Crippen LogP contribution in [0.15, 0.2) is 18.2 Å². The quantitative estimate of drug-likeness (QED) is 0.593. The van der Waals surface area contributed by atoms with E-state index in [1.165, 1.54) is 16.8 Å². The summed E-state index contributed by atoms with van der Waals surface area (Å²) in [7, 11) is 0. The third kappa shape index (κ3) is 3.08. The fourth-order valence-corrected chi connectivity index (χ4v) is 4.57. The number of anilines is 2. The lowest BCUT2D eigenvalue weighted by Gasteiger charge is -2.32. The molecule has 0 fully saturated rings. The van der Waals surface area contributed by atoms with Crippen LogP contribution < -0.4 is 4.90 Å². The molecule has 3 aromatic rings. The SMILES string of the molecule is CCC(CC)n1nnc2c(N3CCCc4cc(Cl)cc(C)c43)nc(C)cc21. The highest BCUT2D eigenvalue weighted by molar-refractivity contribution is 6.30. The Morgan fingerprint density at radius 2 is 1.93 bits per heavy atom. The zero-order valence-electron chi connectivity index (χ0n) is 16.5. The van der Waals surface area contributed by atoms with Crippen molar-refractivity contribution in [2.24, 2.45) is 0 Å². The topological polar surface area (TPSA) is 46.8 Å². The molecule has 5 nitrogen and oxygen atoms in total. The second-order valence-corrected chi connectivity index (χ2v) is 7.88. The normalized spacial score (nSPS) is 14.2. The molecule has 0 saturated carbocycles. The molecule has 6 heteroatoms. The zero-order valence-corrected chi connectivity index (χ0v) is 17.2. The summed E-state index contributed by atoms with van der Waals surface area (Å²) in [5.41, 5.74) is 6.64. The molecule has 0 amide bonds. The summed E-state index contributed by atoms with van der Waals surface area (Å²) in [6.07, 6.45) is 4.19. The van der Waals surface area contributed by atoms with Gasteiger partial charge in [-0.15, -0.1) is 5.10 Å². The molecule has 0 bridgehead atoms. The third-order valence-electron chi connectivity index (χ3n) is 5.56. The van der Waals surface area contributed by atoms with Crippen molar-refractivity contribution in [2.75, 3.05) is 11.4 Å². The van der Waals surface area contributed by atoms with Crippen molar-refractivity contribution >= 4 is 34.1 Å². The van der Waals surface area contributed by atoms with Crippen LogP contribution in [0.1, 0.15) is 56.0 Å². The maximum absolute atomic E-state index is 6.31. The van der Waals surface area contributed by atoms with Gasteiger partial charge in [0.05, 0.1) is 11.6 Å². The van der Waals surface area contributed by atoms with Gasteiger partial charge in [-0.2, -0.15) is 0 Å². The maximum atomic E-state index is 6.31. The van der Waals surface area contributed by atoms with Crippen molar-refractivity contribution in [3.63, 3.8) is 0 Å². The number of aryl methyl sites for hydroxylation is 3. The largest absolute Gasteiger partial charge is 0.324 e. The summed E-state index contributed by atoms with van der Waals surface area (Å²) in [5, 5.41) is 9.86. The van der Waals surface area contributed by atoms with Crippen molar-refractivity contribution in [3.8, 4) is 0 Å². The van der Waals surface area contributed by atoms with Crippen molar-refractivity contribution in [2.45, 2.75) is 59.4 Å². The molecule has 0 spiro atoms. The van der Waals surface area contributed by atoms with Crippen molar-refractivity contribution < 1.29 is 0 Å². The predicted octanol–water partition coefficient (Wildman–Crippen LogP) is 5.54. The van der Waals surface area contributed by atoms with E-state index < -0.39 is 0 Å². The van der Waals surface area contributed by atoms with Gasteiger partial charge in [0.1, 0.15) is 0 Å². The van der Waals surface area contributed by atoms with Gasteiger partial charge in [0.15, 0.2) is 11.3 Å². The standard InChI is InChI=1S/C21H26ClN5/c1-5-17(6-2)27-18-11-14(4)23-21(19(18)24-25-27)26-9-7-8-15-12-16(22)10-13(3)20(15)26/h10-12,17H,5-9H2,1-4H3. The molecule has 142 valence electrons. The number of fused-ring (bicyclic) bond motifs is 2. The molecular formula is C21H26ClN5. The molecule has 27 heavy (non-hydrogen) atoms. The number of hydrogen-bond donors (Lipinski definition) is 0. The van der Waals surface area contributed by atoms with E-state index in [0.29, 0.717) is 6.04 Å². The van der Waals surface area contributed by atoms with Crippen LogP contribution in [-0.2, 0) is 6.42 Å². The van der Waals surface area contributed by atoms with Crippen LogP contribution in [0.4, 0.5) is 11.5 Å². The molecule has 0 radical (unpaired) electrons. The van der Waals surface area contributed by atoms with Gasteiger partial charge in [0, 0.05) is 22.9 Å². The molecule has 0 aliphatic carbocycles. The second-order valence-electron chi connectivity index (χ2n) is 7.44. The molecule has 1 aliphatic rings. The van der Waals surface area contributed by atoms with E-state index in [-0.39, 0.29) is 0 Å². The van der Waals surface area contributed by atoms with Crippen LogP contribution in [0.2, 0.25) is 5.02 Å². The Bertz CT molecular complexity index is 990. The molecule has 3 heterocycles. The Hall–Kier alpha value is -2.14. The average molecular weight is 384 g/mol. The lowest BCUT2D eigenvalue weighted by Crippen LogP contribution is -2.26. The number of aromatic nitrogens is 4. The summed E-state index contributed by atoms with van der Waals surface area (Å²) in [5.74, 6) is 0.911. The lowest BCUT2D eigenvalue weighted by atomic mass is 9.98. The number of nitrogens with zero attached hydrogens (tertiary/aromatic N) is 5. The molecule has 1 aromatic carbocycles. The van der Waals surface area contributed by atoms with E-state index in [4.69, 9.17) is 16.6 Å². The van der Waals surface area contributed by atoms with Crippen LogP contribution in [-0.4, -0.2) is 26.5 Å². The maximum Gasteiger partial charge on any atom is 0.163 e. The van der Waals surface area contributed by atoms with Crippen LogP contribution in [0, 0.1) is 13.8 Å². The minimum Gasteiger partial charge on any atom is -0.324 e. The first-order valence-electron chi connectivity index (χ1n) is 9.82. The van der Waals surface area contributed by atoms with E-state index in [1.54, 1.807) is 0 Å². The predicted molar refractivity (Wildman–Crippen MR) is 111 cm³/mol. The Labute approximate surface area is 165 Å². The van der Waals surface area contributed by atoms with Crippen LogP contribution in [0.25, 0.3) is 11.0 Å². The number of pyridine rings is 1. The molecule has 4 rings (SSSR count). The van der Waals surface area contributed by atoms with Crippen LogP contribution in [0.5, 0.6) is 0 Å². The Balaban J connectivity index is 1.92. The fourth-order valence-electron chi connectivity index (χ4n) is 4.27. The second kappa shape index (κ2) is 7.12. The first kappa shape index (κ1) is 18.2. The minimum atomic E-state index is 0.360. The van der Waals surface area contributed by atoms with Crippen LogP contribution >= 0.6 is 11.6 Å². The van der Waals surface area contributed by atoms with Crippen LogP contribution in [0.3, 0.4) is 0 Å². The highest BCUT2D eigenvalue weighted by Gasteiger charge is 2.26. The molecule has 0 unspecified atom stereocenters. The van der Waals surface area contributed by atoms with Crippen molar-refractivity contribution in [3.05, 3.63) is 40.0 Å². The summed E-state index contributed by atoms with van der Waals surface area (Å²) in [6.45, 7) is 9.50. The summed E-state index contributed by atoms with van der Waals surface area (Å²) in [4.78, 5) is 7.20. The summed E-state index contributed by atoms with van der Waals surface area (Å²) >= 11 is 6.31. The van der Waals surface area contributed by atoms with Gasteiger partial charge in [-0.25, -0.2) is 9.67 Å². The highest BCUT2D eigenvalue weighted by Crippen LogP contribution is 2.39. The molecule has 0 N–H and O–H groups in total. The van der Waals surface area contributed by atoms with Gasteiger partial charge in [-0.1, -0.05) is 30.7 Å². The van der Waals surface area contributed by atoms with E-state index in [0.717, 1.165) is 59.8 Å². The van der Waals surface area contributed by atoms with E-state index in [2.05, 4.69) is 52.8 Å². The summed E-state index contributed by atoms with van der Waals surface area (Å²) in [6, 6.07) is 6.59. The fraction of sp³-hybridized carbons (Fsp3) is 0.476. The van der Waals surface area contributed by atoms with E-state index >= 15 is 0 Å². The number of benzene rings is 1. The zero-order chi connectivity index (χ0) is 19.1. The monoisotopic (exact) mass is 383 g/mol. The number of hydrogen-bond acceptors (Lipinski definition) is 4. The third-order valence-corrected chi connectivity index (χ3v) is 5.77. The minimum absolute atomic E-state index is 0.360.